The predicted octanol–water partition coefficient (Wildman–Crippen LogP) is 13.3. The second kappa shape index (κ2) is 12.2. The van der Waals surface area contributed by atoms with Crippen LogP contribution in [0.2, 0.25) is 0 Å². The largest absolute Gasteiger partial charge is 0.376 e. The third-order valence-corrected chi connectivity index (χ3v) is 13.5. The number of anilines is 5. The van der Waals surface area contributed by atoms with Gasteiger partial charge in [-0.15, -0.1) is 0 Å². The van der Waals surface area contributed by atoms with Crippen molar-refractivity contribution in [3.8, 4) is 11.1 Å². The summed E-state index contributed by atoms with van der Waals surface area (Å²) >= 11 is 0. The Morgan fingerprint density at radius 1 is 0.439 bits per heavy atom. The van der Waals surface area contributed by atoms with Crippen LogP contribution in [0.4, 0.5) is 28.4 Å². The Balaban J connectivity index is 1.37. The predicted molar refractivity (Wildman–Crippen MR) is 247 cm³/mol. The summed E-state index contributed by atoms with van der Waals surface area (Å²) in [5, 5.41) is 0. The van der Waals surface area contributed by atoms with Gasteiger partial charge in [-0.2, -0.15) is 0 Å². The summed E-state index contributed by atoms with van der Waals surface area (Å²) in [6.07, 6.45) is 0. The third kappa shape index (κ3) is 5.66. The van der Waals surface area contributed by atoms with Crippen LogP contribution in [0.5, 0.6) is 0 Å². The van der Waals surface area contributed by atoms with Gasteiger partial charge in [-0.1, -0.05) is 180 Å². The van der Waals surface area contributed by atoms with Crippen molar-refractivity contribution in [2.75, 3.05) is 9.71 Å². The van der Waals surface area contributed by atoms with Crippen LogP contribution in [-0.2, 0) is 27.1 Å². The van der Waals surface area contributed by atoms with Crippen LogP contribution in [0.3, 0.4) is 0 Å². The summed E-state index contributed by atoms with van der Waals surface area (Å²) in [6, 6.07) is 47.1. The molecule has 0 atom stereocenters. The van der Waals surface area contributed by atoms with Crippen LogP contribution in [0, 0.1) is 0 Å². The molecule has 57 heavy (non-hydrogen) atoms. The van der Waals surface area contributed by atoms with Gasteiger partial charge in [-0.25, -0.2) is 0 Å². The van der Waals surface area contributed by atoms with Gasteiger partial charge in [-0.3, -0.25) is 0 Å². The minimum absolute atomic E-state index is 0.0103. The maximum atomic E-state index is 2.74. The lowest BCUT2D eigenvalue weighted by atomic mass is 9.44. The van der Waals surface area contributed by atoms with Gasteiger partial charge < -0.3 is 9.71 Å². The van der Waals surface area contributed by atoms with Crippen LogP contribution in [0.25, 0.3) is 11.1 Å². The van der Waals surface area contributed by atoms with E-state index >= 15 is 0 Å². The van der Waals surface area contributed by atoms with Crippen LogP contribution in [-0.4, -0.2) is 6.85 Å². The third-order valence-electron chi connectivity index (χ3n) is 13.5. The summed E-state index contributed by atoms with van der Waals surface area (Å²) in [5.74, 6) is 0. The first-order valence-electron chi connectivity index (χ1n) is 21.1. The highest BCUT2D eigenvalue weighted by molar-refractivity contribution is 6.91. The van der Waals surface area contributed by atoms with Crippen molar-refractivity contribution >= 4 is 46.2 Å². The van der Waals surface area contributed by atoms with E-state index in [9.17, 15) is 0 Å². The van der Waals surface area contributed by atoms with E-state index in [0.717, 1.165) is 0 Å². The minimum atomic E-state index is -0.213. The van der Waals surface area contributed by atoms with E-state index in [2.05, 4.69) is 221 Å². The van der Waals surface area contributed by atoms with Crippen LogP contribution in [0.1, 0.15) is 129 Å². The SMILES string of the molecule is CC(C)(C)c1ccc2c(c1)-c1cc(C(C)(C)C)cc3c1N(B2c1ccc2c(c1)C(C)(C)c1ccccc1N2c1ccccc1)c1ccc(C(C)(C)C)cc1C3(C)C. The standard InChI is InChI=1S/C54H59BN2/c1-50(2,3)34-23-26-45-39(29-34)40-30-36(52(7,8)9)32-44-49(40)57(48-27-24-35(51(4,5)6)31-42(48)54(44,12)13)55(45)37-25-28-47-43(33-37)53(10,11)41-21-17-18-22-46(41)56(47)38-19-15-14-16-20-38/h14-33H,1-13H3. The van der Waals surface area contributed by atoms with Crippen molar-refractivity contribution in [1.82, 2.24) is 0 Å². The minimum Gasteiger partial charge on any atom is -0.376 e. The second-order valence-electron chi connectivity index (χ2n) is 21.2. The number of hydrogen-bond donors (Lipinski definition) is 0. The number of nitrogens with zero attached hydrogens (tertiary/aromatic N) is 2. The highest BCUT2D eigenvalue weighted by atomic mass is 15.2. The Bertz CT molecular complexity index is 2590. The first kappa shape index (κ1) is 37.6. The van der Waals surface area contributed by atoms with Crippen molar-refractivity contribution in [3.63, 3.8) is 0 Å². The number of para-hydroxylation sites is 2. The summed E-state index contributed by atoms with van der Waals surface area (Å²) in [7, 11) is 0. The van der Waals surface area contributed by atoms with Crippen LogP contribution >= 0.6 is 0 Å². The van der Waals surface area contributed by atoms with E-state index in [1.54, 1.807) is 0 Å². The van der Waals surface area contributed by atoms with Gasteiger partial charge in [0.1, 0.15) is 0 Å². The molecule has 0 radical (unpaired) electrons. The molecule has 3 heteroatoms. The van der Waals surface area contributed by atoms with Gasteiger partial charge in [-0.05, 0) is 103 Å². The number of rotatable bonds is 2. The van der Waals surface area contributed by atoms with E-state index in [0.29, 0.717) is 0 Å². The number of hydrogen-bond acceptors (Lipinski definition) is 2. The zero-order valence-corrected chi connectivity index (χ0v) is 36.5. The molecule has 0 amide bonds. The van der Waals surface area contributed by atoms with Gasteiger partial charge >= 0.3 is 6.85 Å². The van der Waals surface area contributed by atoms with E-state index in [1.807, 2.05) is 0 Å². The molecule has 9 rings (SSSR count). The zero-order chi connectivity index (χ0) is 40.6. The Morgan fingerprint density at radius 2 is 0.965 bits per heavy atom. The Labute approximate surface area is 343 Å². The molecule has 6 aromatic carbocycles. The molecule has 0 spiro atoms. The monoisotopic (exact) mass is 746 g/mol. The topological polar surface area (TPSA) is 6.48 Å². The normalized spacial score (nSPS) is 16.3. The summed E-state index contributed by atoms with van der Waals surface area (Å²) in [5.41, 5.74) is 21.0. The second-order valence-corrected chi connectivity index (χ2v) is 21.2. The molecule has 0 aromatic heterocycles. The molecule has 0 saturated heterocycles. The molecular weight excluding hydrogens is 687 g/mol. The average molecular weight is 747 g/mol. The molecule has 0 N–H and O–H groups in total. The molecule has 0 saturated carbocycles. The smallest absolute Gasteiger partial charge is 0.328 e. The number of fused-ring (bicyclic) bond motifs is 6. The summed E-state index contributed by atoms with van der Waals surface area (Å²) < 4.78 is 0. The molecule has 3 heterocycles. The quantitative estimate of drug-likeness (QED) is 0.163. The molecular formula is C54H59BN2. The van der Waals surface area contributed by atoms with Crippen molar-refractivity contribution in [2.24, 2.45) is 0 Å². The van der Waals surface area contributed by atoms with Crippen molar-refractivity contribution in [3.05, 3.63) is 160 Å². The van der Waals surface area contributed by atoms with Crippen molar-refractivity contribution in [2.45, 2.75) is 117 Å². The summed E-state index contributed by atoms with van der Waals surface area (Å²) in [6.45, 7) is 30.9. The van der Waals surface area contributed by atoms with Crippen LogP contribution in [0.15, 0.2) is 121 Å². The fraction of sp³-hybridized carbons (Fsp3) is 0.333. The molecule has 0 unspecified atom stereocenters. The lowest BCUT2D eigenvalue weighted by Gasteiger charge is -2.50. The lowest BCUT2D eigenvalue weighted by Crippen LogP contribution is -2.59. The van der Waals surface area contributed by atoms with Crippen molar-refractivity contribution in [1.29, 1.82) is 0 Å². The highest BCUT2D eigenvalue weighted by Gasteiger charge is 2.48. The van der Waals surface area contributed by atoms with Gasteiger partial charge in [0.25, 0.3) is 0 Å². The zero-order valence-electron chi connectivity index (χ0n) is 36.5. The van der Waals surface area contributed by atoms with Gasteiger partial charge in [0.05, 0.1) is 11.4 Å². The van der Waals surface area contributed by atoms with E-state index in [1.165, 1.54) is 89.4 Å². The fourth-order valence-electron chi connectivity index (χ4n) is 9.96. The Morgan fingerprint density at radius 3 is 1.65 bits per heavy atom. The molecule has 3 aliphatic rings. The maximum absolute atomic E-state index is 2.74. The molecule has 0 bridgehead atoms. The van der Waals surface area contributed by atoms with Gasteiger partial charge in [0.15, 0.2) is 0 Å². The summed E-state index contributed by atoms with van der Waals surface area (Å²) in [4.78, 5) is 5.21. The first-order chi connectivity index (χ1) is 26.7. The van der Waals surface area contributed by atoms with Gasteiger partial charge in [0, 0.05) is 33.5 Å². The molecule has 3 aliphatic heterocycles. The molecule has 2 nitrogen and oxygen atoms in total. The molecule has 288 valence electrons. The van der Waals surface area contributed by atoms with E-state index < -0.39 is 0 Å². The average Bonchev–Trinajstić information content (AvgIpc) is 3.15. The molecule has 6 aromatic rings. The Hall–Kier alpha value is -5.02. The molecule has 0 fully saturated rings. The fourth-order valence-corrected chi connectivity index (χ4v) is 9.96. The lowest BCUT2D eigenvalue weighted by molar-refractivity contribution is 0.574. The first-order valence-corrected chi connectivity index (χ1v) is 21.1. The van der Waals surface area contributed by atoms with Gasteiger partial charge in [0.2, 0.25) is 0 Å². The van der Waals surface area contributed by atoms with Crippen LogP contribution < -0.4 is 20.6 Å². The van der Waals surface area contributed by atoms with E-state index in [4.69, 9.17) is 0 Å². The number of benzene rings is 6. The highest BCUT2D eigenvalue weighted by Crippen LogP contribution is 2.57. The van der Waals surface area contributed by atoms with E-state index in [-0.39, 0.29) is 33.9 Å². The molecule has 0 aliphatic carbocycles. The Kier molecular flexibility index (Phi) is 8.07. The van der Waals surface area contributed by atoms with Crippen molar-refractivity contribution < 1.29 is 0 Å². The maximum Gasteiger partial charge on any atom is 0.328 e.